The topological polar surface area (TPSA) is 175 Å². The predicted octanol–water partition coefficient (Wildman–Crippen LogP) is 13.0. The van der Waals surface area contributed by atoms with Gasteiger partial charge in [0.15, 0.2) is 12.6 Å². The molecule has 2 atom stereocenters. The number of anilines is 2. The van der Waals surface area contributed by atoms with E-state index in [-0.39, 0.29) is 106 Å². The van der Waals surface area contributed by atoms with Gasteiger partial charge >= 0.3 is 18.1 Å². The second-order valence-electron chi connectivity index (χ2n) is 30.4. The number of likely N-dealkylation sites (tertiary alicyclic amines) is 1. The van der Waals surface area contributed by atoms with Crippen molar-refractivity contribution < 1.29 is 51.3 Å². The number of aromatic nitrogens is 3. The third kappa shape index (κ3) is 14.0. The van der Waals surface area contributed by atoms with Crippen LogP contribution in [0.1, 0.15) is 154 Å². The minimum Gasteiger partial charge on any atom is -0.468 e. The normalized spacial score (nSPS) is 21.1. The molecular formula is C73H95F3N10O8Si. The summed E-state index contributed by atoms with van der Waals surface area (Å²) in [6.45, 7) is 28.7. The zero-order valence-electron chi connectivity index (χ0n) is 57.4. The first kappa shape index (κ1) is 67.9. The monoisotopic (exact) mass is 1320 g/mol. The van der Waals surface area contributed by atoms with Crippen molar-refractivity contribution in [2.45, 2.75) is 174 Å². The maximum Gasteiger partial charge on any atom is 0.410 e. The number of hydrogen-bond donors (Lipinski definition) is 1. The van der Waals surface area contributed by atoms with Crippen LogP contribution in [0.3, 0.4) is 0 Å². The van der Waals surface area contributed by atoms with Crippen molar-refractivity contribution in [2.75, 3.05) is 102 Å². The summed E-state index contributed by atoms with van der Waals surface area (Å²) in [4.78, 5) is 79.2. The molecular weight excluding hydrogens is 1230 g/mol. The van der Waals surface area contributed by atoms with Crippen LogP contribution in [0, 0.1) is 52.6 Å². The molecule has 2 bridgehead atoms. The lowest BCUT2D eigenvalue weighted by Crippen LogP contribution is -2.57. The van der Waals surface area contributed by atoms with Crippen molar-refractivity contribution in [1.82, 2.24) is 39.9 Å². The molecule has 2 aliphatic carbocycles. The van der Waals surface area contributed by atoms with Gasteiger partial charge in [-0.2, -0.15) is 9.97 Å². The first-order valence-electron chi connectivity index (χ1n) is 34.6. The maximum absolute atomic E-state index is 18.3. The van der Waals surface area contributed by atoms with Gasteiger partial charge in [0, 0.05) is 114 Å². The van der Waals surface area contributed by atoms with Gasteiger partial charge in [-0.05, 0) is 161 Å². The average molecular weight is 1330 g/mol. The minimum atomic E-state index is -2.36. The summed E-state index contributed by atoms with van der Waals surface area (Å²) in [6.07, 6.45) is 11.1. The van der Waals surface area contributed by atoms with Crippen molar-refractivity contribution in [3.05, 3.63) is 76.7 Å². The van der Waals surface area contributed by atoms with Crippen LogP contribution in [0.5, 0.6) is 11.8 Å². The molecule has 7 fully saturated rings. The highest BCUT2D eigenvalue weighted by Gasteiger charge is 2.48. The molecule has 2 unspecified atom stereocenters. The van der Waals surface area contributed by atoms with Gasteiger partial charge in [-0.15, -0.1) is 5.54 Å². The molecule has 7 aliphatic rings. The Morgan fingerprint density at radius 2 is 1.47 bits per heavy atom. The van der Waals surface area contributed by atoms with E-state index in [0.29, 0.717) is 83.2 Å². The fraction of sp³-hybridized carbons (Fsp3) is 0.603. The summed E-state index contributed by atoms with van der Waals surface area (Å²) < 4.78 is 74.3. The van der Waals surface area contributed by atoms with Crippen LogP contribution < -0.4 is 24.6 Å². The van der Waals surface area contributed by atoms with Gasteiger partial charge in [0.2, 0.25) is 5.91 Å². The van der Waals surface area contributed by atoms with Crippen LogP contribution in [0.25, 0.3) is 32.9 Å². The smallest absolute Gasteiger partial charge is 0.410 e. The van der Waals surface area contributed by atoms with E-state index in [1.165, 1.54) is 30.2 Å². The van der Waals surface area contributed by atoms with E-state index in [0.717, 1.165) is 103 Å². The number of piperidine rings is 1. The van der Waals surface area contributed by atoms with Gasteiger partial charge in [-0.3, -0.25) is 29.7 Å². The number of rotatable bonds is 17. The van der Waals surface area contributed by atoms with Gasteiger partial charge in [-0.25, -0.2) is 22.8 Å². The van der Waals surface area contributed by atoms with Crippen LogP contribution in [0.15, 0.2) is 42.6 Å². The van der Waals surface area contributed by atoms with Crippen molar-refractivity contribution in [3.63, 3.8) is 0 Å². The Labute approximate surface area is 558 Å². The van der Waals surface area contributed by atoms with Crippen molar-refractivity contribution in [2.24, 2.45) is 16.7 Å². The number of imide groups is 1. The third-order valence-electron chi connectivity index (χ3n) is 22.1. The van der Waals surface area contributed by atoms with E-state index in [1.54, 1.807) is 36.2 Å². The molecule has 7 heterocycles. The summed E-state index contributed by atoms with van der Waals surface area (Å²) in [6, 6.07) is 8.46. The number of carbonyl (C=O) groups excluding carboxylic acids is 4. The van der Waals surface area contributed by atoms with E-state index in [1.807, 2.05) is 25.7 Å². The maximum atomic E-state index is 18.3. The van der Waals surface area contributed by atoms with Crippen molar-refractivity contribution in [3.8, 4) is 34.5 Å². The number of methoxy groups -OCH3 is 1. The highest BCUT2D eigenvalue weighted by molar-refractivity contribution is 6.90. The number of fused-ring (bicyclic) bond motifs is 4. The molecule has 3 aromatic carbocycles. The number of nitrogens with one attached hydrogen (secondary N) is 1. The molecule has 5 amide bonds. The molecule has 22 heteroatoms. The third-order valence-corrected chi connectivity index (χ3v) is 28.4. The molecule has 5 aromatic rings. The highest BCUT2D eigenvalue weighted by Crippen LogP contribution is 2.50. The molecule has 1 N–H and O–H groups in total. The van der Waals surface area contributed by atoms with Gasteiger partial charge in [0.25, 0.3) is 5.91 Å². The molecule has 5 saturated heterocycles. The van der Waals surface area contributed by atoms with Crippen molar-refractivity contribution >= 4 is 65.2 Å². The molecule has 2 aromatic heterocycles. The number of piperazine rings is 2. The predicted molar refractivity (Wildman–Crippen MR) is 364 cm³/mol. The first-order valence-corrected chi connectivity index (χ1v) is 36.8. The zero-order valence-corrected chi connectivity index (χ0v) is 58.4. The Kier molecular flexibility index (Phi) is 19.4. The number of halogens is 3. The van der Waals surface area contributed by atoms with Crippen LogP contribution in [-0.2, 0) is 14.3 Å². The van der Waals surface area contributed by atoms with Crippen LogP contribution in [0.2, 0.25) is 16.6 Å². The van der Waals surface area contributed by atoms with E-state index in [9.17, 15) is 19.2 Å². The molecule has 0 radical (unpaired) electrons. The van der Waals surface area contributed by atoms with E-state index < -0.39 is 37.2 Å². The Bertz CT molecular complexity index is 3790. The molecule has 12 rings (SSSR count). The number of carbonyl (C=O) groups is 4. The quantitative estimate of drug-likeness (QED) is 0.0529. The number of ether oxygens (including phenoxy) is 4. The summed E-state index contributed by atoms with van der Waals surface area (Å²) in [5.41, 5.74) is 5.28. The second-order valence-corrected chi connectivity index (χ2v) is 35.9. The van der Waals surface area contributed by atoms with Crippen LogP contribution in [0.4, 0.5) is 34.3 Å². The number of pyridine rings is 1. The molecule has 5 aliphatic heterocycles. The van der Waals surface area contributed by atoms with Crippen LogP contribution >= 0.6 is 0 Å². The lowest BCUT2D eigenvalue weighted by molar-refractivity contribution is -0.120. The Morgan fingerprint density at radius 1 is 0.800 bits per heavy atom. The SMILES string of the molecule is COCOc1cc(-c2ncc3c(N4CC5CCC(C4)N5C(=O)OC(C)(C)C)nc(OCC4(CN5CCN(CC6CCC7(CC6)CCN(C(=O)c6cc(N8CCC(=O)NC8=O)c(C)cc6F)CC7)CC5)CC4)nc3c2F)c2c(C#C[Si](C(C)C)(C(C)C)C(C)C)c(F)ccc2c1. The Balaban J connectivity index is 0.736. The van der Waals surface area contributed by atoms with E-state index in [4.69, 9.17) is 33.9 Å². The number of aryl methyl sites for hydroxylation is 1. The highest BCUT2D eigenvalue weighted by atomic mass is 28.3. The number of benzene rings is 3. The van der Waals surface area contributed by atoms with Crippen LogP contribution in [-0.4, -0.2) is 177 Å². The van der Waals surface area contributed by atoms with E-state index in [2.05, 4.69) is 73.0 Å². The Morgan fingerprint density at radius 3 is 2.11 bits per heavy atom. The van der Waals surface area contributed by atoms with Gasteiger partial charge < -0.3 is 38.5 Å². The molecule has 95 heavy (non-hydrogen) atoms. The summed E-state index contributed by atoms with van der Waals surface area (Å²) in [5, 5.41) is 3.72. The first-order chi connectivity index (χ1) is 45.3. The standard InChI is InChI=1S/C73H95F3N10O8Si/c1-45(2)95(46(3)4,47(5)6)33-19-54-58(74)15-12-50-35-53(93-44-91-11)36-56(62(50)54)64-63(76)65-57(38-77-64)66(84-40-51-13-14-52(41-84)86(51)70(90)94-71(8,9)10)80-68(79-65)92-43-73(22-23-73)42-82-31-29-81(30-32-82)39-49-16-20-72(21-17-49)24-27-83(28-25-72)67(88)55-37-60(48(7)34-59(55)75)85-26-18-61(87)78-69(85)89/h12,15,34-38,45-47,49,51-52H,13-14,16-18,20-32,39-44H2,1-11H3,(H,78,87,89). The average Bonchev–Trinajstić information content (AvgIpc) is 1.18. The molecule has 510 valence electrons. The zero-order chi connectivity index (χ0) is 67.5. The summed E-state index contributed by atoms with van der Waals surface area (Å²) >= 11 is 0. The largest absolute Gasteiger partial charge is 0.468 e. The second kappa shape index (κ2) is 27.1. The van der Waals surface area contributed by atoms with Crippen molar-refractivity contribution in [1.29, 1.82) is 0 Å². The van der Waals surface area contributed by atoms with Gasteiger partial charge in [0.1, 0.15) is 48.1 Å². The number of hydrogen-bond acceptors (Lipinski definition) is 14. The fourth-order valence-electron chi connectivity index (χ4n) is 16.7. The Hall–Kier alpha value is -7.06. The number of amides is 5. The summed E-state index contributed by atoms with van der Waals surface area (Å²) in [5.74, 6) is 2.25. The lowest BCUT2D eigenvalue weighted by atomic mass is 9.65. The minimum absolute atomic E-state index is 0.00857. The molecule has 1 spiro atoms. The summed E-state index contributed by atoms with van der Waals surface area (Å²) in [7, 11) is -0.842. The number of nitrogens with zero attached hydrogens (tertiary/aromatic N) is 9. The fourth-order valence-corrected chi connectivity index (χ4v) is 21.9. The molecule has 2 saturated carbocycles. The lowest BCUT2D eigenvalue weighted by Gasteiger charge is -2.47. The number of urea groups is 1. The van der Waals surface area contributed by atoms with E-state index >= 15 is 13.2 Å². The van der Waals surface area contributed by atoms with Gasteiger partial charge in [-0.1, -0.05) is 53.5 Å². The molecule has 18 nitrogen and oxygen atoms in total. The van der Waals surface area contributed by atoms with Gasteiger partial charge in [0.05, 0.1) is 35.2 Å².